The predicted molar refractivity (Wildman–Crippen MR) is 69.4 cm³/mol. The van der Waals surface area contributed by atoms with Gasteiger partial charge in [0.15, 0.2) is 0 Å². The molecule has 0 bridgehead atoms. The molecule has 0 radical (unpaired) electrons. The molecule has 1 rings (SSSR count). The summed E-state index contributed by atoms with van der Waals surface area (Å²) in [7, 11) is -1.92. The van der Waals surface area contributed by atoms with Crippen LogP contribution in [0, 0.1) is 0 Å². The minimum atomic E-state index is -4.00. The average molecular weight is 335 g/mol. The first kappa shape index (κ1) is 15.7. The summed E-state index contributed by atoms with van der Waals surface area (Å²) in [6.07, 6.45) is 1.40. The second-order valence-electron chi connectivity index (χ2n) is 3.71. The van der Waals surface area contributed by atoms with Crippen molar-refractivity contribution in [2.75, 3.05) is 12.0 Å². The highest BCUT2D eigenvalue weighted by atomic mass is 35.7. The number of rotatable bonds is 5. The van der Waals surface area contributed by atoms with Crippen LogP contribution in [0.5, 0.6) is 0 Å². The summed E-state index contributed by atoms with van der Waals surface area (Å²) in [6.45, 7) is 1.68. The predicted octanol–water partition coefficient (Wildman–Crippen LogP) is 1.07. The smallest absolute Gasteiger partial charge is 0.251 e. The molecule has 18 heavy (non-hydrogen) atoms. The van der Waals surface area contributed by atoms with E-state index in [0.717, 1.165) is 10.9 Å². The van der Waals surface area contributed by atoms with Crippen LogP contribution in [0.1, 0.15) is 12.6 Å². The van der Waals surface area contributed by atoms with Gasteiger partial charge in [0, 0.05) is 16.9 Å². The van der Waals surface area contributed by atoms with Crippen molar-refractivity contribution in [3.63, 3.8) is 0 Å². The number of aromatic nitrogens is 2. The summed E-state index contributed by atoms with van der Waals surface area (Å²) in [6, 6.07) is 0. The monoisotopic (exact) mass is 334 g/mol. The van der Waals surface area contributed by atoms with E-state index in [0.29, 0.717) is 6.42 Å². The molecule has 0 saturated carbocycles. The van der Waals surface area contributed by atoms with Crippen LogP contribution in [0.25, 0.3) is 0 Å². The van der Waals surface area contributed by atoms with Crippen LogP contribution in [-0.4, -0.2) is 38.6 Å². The molecule has 6 nitrogen and oxygen atoms in total. The van der Waals surface area contributed by atoms with Gasteiger partial charge >= 0.3 is 0 Å². The summed E-state index contributed by atoms with van der Waals surface area (Å²) in [5.74, 6) is -0.181. The lowest BCUT2D eigenvalue weighted by molar-refractivity contribution is 0.584. The minimum absolute atomic E-state index is 0.0168. The summed E-state index contributed by atoms with van der Waals surface area (Å²) in [5, 5.41) is 3.79. The van der Waals surface area contributed by atoms with E-state index in [2.05, 4.69) is 5.10 Å². The quantitative estimate of drug-likeness (QED) is 0.752. The van der Waals surface area contributed by atoms with Crippen LogP contribution in [0.4, 0.5) is 0 Å². The molecule has 0 aromatic carbocycles. The van der Waals surface area contributed by atoms with Crippen molar-refractivity contribution in [2.24, 2.45) is 0 Å². The van der Waals surface area contributed by atoms with Crippen LogP contribution in [0.3, 0.4) is 0 Å². The second-order valence-corrected chi connectivity index (χ2v) is 8.83. The van der Waals surface area contributed by atoms with Crippen molar-refractivity contribution >= 4 is 41.2 Å². The number of aryl methyl sites for hydroxylation is 2. The van der Waals surface area contributed by atoms with Gasteiger partial charge in [-0.25, -0.2) is 16.8 Å². The Morgan fingerprint density at radius 3 is 2.17 bits per heavy atom. The minimum Gasteiger partial charge on any atom is -0.251 e. The van der Waals surface area contributed by atoms with Gasteiger partial charge < -0.3 is 0 Å². The molecular formula is C8H12Cl2N2O4S2. The Bertz CT molecular complexity index is 649. The van der Waals surface area contributed by atoms with Crippen LogP contribution < -0.4 is 0 Å². The lowest BCUT2D eigenvalue weighted by Gasteiger charge is -2.01. The molecule has 0 N–H and O–H groups in total. The maximum Gasteiger partial charge on any atom is 0.266 e. The van der Waals surface area contributed by atoms with E-state index in [4.69, 9.17) is 22.3 Å². The van der Waals surface area contributed by atoms with E-state index in [1.165, 1.54) is 0 Å². The van der Waals surface area contributed by atoms with Crippen molar-refractivity contribution in [3.8, 4) is 0 Å². The molecule has 0 atom stereocenters. The highest BCUT2D eigenvalue weighted by molar-refractivity contribution is 8.13. The fourth-order valence-electron chi connectivity index (χ4n) is 1.34. The fourth-order valence-corrected chi connectivity index (χ4v) is 3.76. The van der Waals surface area contributed by atoms with Gasteiger partial charge in [0.05, 0.1) is 18.0 Å². The van der Waals surface area contributed by atoms with Gasteiger partial charge in [-0.15, -0.1) is 0 Å². The van der Waals surface area contributed by atoms with Crippen molar-refractivity contribution in [1.82, 2.24) is 9.78 Å². The standard InChI is InChI=1S/C8H12Cl2N2O4S2/c1-3-6-7(18(10,15)16)8(9)12(11-6)4-5-17(2,13)14/h3-5H2,1-2H3. The molecule has 1 heterocycles. The molecule has 0 aliphatic carbocycles. The molecule has 10 heteroatoms. The first-order chi connectivity index (χ1) is 8.06. The van der Waals surface area contributed by atoms with Crippen molar-refractivity contribution in [1.29, 1.82) is 0 Å². The third-order valence-electron chi connectivity index (χ3n) is 2.17. The molecule has 1 aromatic heterocycles. The van der Waals surface area contributed by atoms with Gasteiger partial charge in [-0.2, -0.15) is 5.10 Å². The lowest BCUT2D eigenvalue weighted by atomic mass is 10.3. The zero-order valence-electron chi connectivity index (χ0n) is 9.72. The van der Waals surface area contributed by atoms with E-state index in [9.17, 15) is 16.8 Å². The van der Waals surface area contributed by atoms with E-state index < -0.39 is 18.9 Å². The van der Waals surface area contributed by atoms with Crippen LogP contribution >= 0.6 is 22.3 Å². The summed E-state index contributed by atoms with van der Waals surface area (Å²) in [4.78, 5) is -0.248. The number of hydrogen-bond donors (Lipinski definition) is 0. The Morgan fingerprint density at radius 2 is 1.83 bits per heavy atom. The van der Waals surface area contributed by atoms with Gasteiger partial charge in [0.25, 0.3) is 9.05 Å². The van der Waals surface area contributed by atoms with E-state index in [1.807, 2.05) is 0 Å². The maximum atomic E-state index is 11.4. The third-order valence-corrected chi connectivity index (χ3v) is 4.97. The first-order valence-corrected chi connectivity index (χ1v) is 9.68. The molecular weight excluding hydrogens is 323 g/mol. The van der Waals surface area contributed by atoms with Gasteiger partial charge in [0.1, 0.15) is 19.9 Å². The molecule has 104 valence electrons. The summed E-state index contributed by atoms with van der Waals surface area (Å²) in [5.41, 5.74) is 0.225. The zero-order chi connectivity index (χ0) is 14.1. The van der Waals surface area contributed by atoms with Crippen molar-refractivity contribution in [2.45, 2.75) is 24.8 Å². The third kappa shape index (κ3) is 3.84. The first-order valence-electron chi connectivity index (χ1n) is 4.94. The van der Waals surface area contributed by atoms with Crippen LogP contribution in [0.2, 0.25) is 5.15 Å². The maximum absolute atomic E-state index is 11.4. The number of nitrogens with zero attached hydrogens (tertiary/aromatic N) is 2. The number of halogens is 2. The van der Waals surface area contributed by atoms with Gasteiger partial charge in [-0.3, -0.25) is 4.68 Å². The van der Waals surface area contributed by atoms with Crippen molar-refractivity contribution in [3.05, 3.63) is 10.8 Å². The Labute approximate surface area is 115 Å². The molecule has 0 spiro atoms. The van der Waals surface area contributed by atoms with E-state index in [1.54, 1.807) is 6.92 Å². The fraction of sp³-hybridized carbons (Fsp3) is 0.625. The molecule has 1 aromatic rings. The molecule has 0 aliphatic heterocycles. The molecule has 0 unspecified atom stereocenters. The molecule has 0 saturated heterocycles. The Balaban J connectivity index is 3.22. The second kappa shape index (κ2) is 5.36. The summed E-state index contributed by atoms with van der Waals surface area (Å²) >= 11 is 5.86. The number of sulfone groups is 1. The summed E-state index contributed by atoms with van der Waals surface area (Å²) < 4.78 is 45.9. The molecule has 0 amide bonds. The van der Waals surface area contributed by atoms with Crippen molar-refractivity contribution < 1.29 is 16.8 Å². The Morgan fingerprint density at radius 1 is 1.28 bits per heavy atom. The SMILES string of the molecule is CCc1nn(CCS(C)(=O)=O)c(Cl)c1S(=O)(=O)Cl. The highest BCUT2D eigenvalue weighted by Gasteiger charge is 2.25. The Kier molecular flexibility index (Phi) is 4.69. The normalized spacial score (nSPS) is 12.9. The number of hydrogen-bond acceptors (Lipinski definition) is 5. The zero-order valence-corrected chi connectivity index (χ0v) is 12.9. The van der Waals surface area contributed by atoms with Crippen LogP contribution in [-0.2, 0) is 31.9 Å². The van der Waals surface area contributed by atoms with Crippen LogP contribution in [0.15, 0.2) is 4.90 Å². The van der Waals surface area contributed by atoms with Gasteiger partial charge in [-0.1, -0.05) is 18.5 Å². The van der Waals surface area contributed by atoms with Gasteiger partial charge in [0.2, 0.25) is 0 Å². The topological polar surface area (TPSA) is 86.1 Å². The van der Waals surface area contributed by atoms with Gasteiger partial charge in [-0.05, 0) is 6.42 Å². The van der Waals surface area contributed by atoms with E-state index >= 15 is 0 Å². The largest absolute Gasteiger partial charge is 0.266 e. The average Bonchev–Trinajstić information content (AvgIpc) is 2.50. The van der Waals surface area contributed by atoms with E-state index in [-0.39, 0.29) is 28.0 Å². The molecule has 0 fully saturated rings. The highest BCUT2D eigenvalue weighted by Crippen LogP contribution is 2.28. The lowest BCUT2D eigenvalue weighted by Crippen LogP contribution is -2.12. The molecule has 0 aliphatic rings. The Hall–Kier alpha value is -0.310.